The van der Waals surface area contributed by atoms with Crippen LogP contribution < -0.4 is 4.90 Å². The predicted octanol–water partition coefficient (Wildman–Crippen LogP) is 2.88. The van der Waals surface area contributed by atoms with E-state index < -0.39 is 0 Å². The highest BCUT2D eigenvalue weighted by Crippen LogP contribution is 2.23. The fraction of sp³-hybridized carbons (Fsp3) is 0.364. The maximum Gasteiger partial charge on any atom is 0.139 e. The van der Waals surface area contributed by atoms with Crippen molar-refractivity contribution in [2.75, 3.05) is 51.2 Å². The Morgan fingerprint density at radius 3 is 2.44 bits per heavy atom. The van der Waals surface area contributed by atoms with Gasteiger partial charge in [-0.25, -0.2) is 9.97 Å². The van der Waals surface area contributed by atoms with Crippen LogP contribution in [0.15, 0.2) is 60.9 Å². The normalized spacial score (nSPS) is 15.6. The molecule has 2 heterocycles. The molecule has 0 spiro atoms. The maximum absolute atomic E-state index is 4.56. The van der Waals surface area contributed by atoms with E-state index in [1.54, 1.807) is 6.33 Å². The lowest BCUT2D eigenvalue weighted by molar-refractivity contribution is 0.212. The third kappa shape index (κ3) is 4.43. The van der Waals surface area contributed by atoms with E-state index in [9.17, 15) is 0 Å². The Kier molecular flexibility index (Phi) is 5.61. The van der Waals surface area contributed by atoms with Crippen molar-refractivity contribution in [3.8, 4) is 0 Å². The average molecular weight is 361 g/mol. The SMILES string of the molecule is CN(CCN1CCN(c2ncnc3ccccc23)CC1)Cc1ccccc1. The Morgan fingerprint density at radius 1 is 0.889 bits per heavy atom. The van der Waals surface area contributed by atoms with Crippen LogP contribution in [0.3, 0.4) is 0 Å². The number of hydrogen-bond acceptors (Lipinski definition) is 5. The van der Waals surface area contributed by atoms with Gasteiger partial charge in [-0.3, -0.25) is 4.90 Å². The largest absolute Gasteiger partial charge is 0.353 e. The first kappa shape index (κ1) is 17.9. The molecule has 0 unspecified atom stereocenters. The van der Waals surface area contributed by atoms with Gasteiger partial charge in [0.15, 0.2) is 0 Å². The third-order valence-electron chi connectivity index (χ3n) is 5.29. The van der Waals surface area contributed by atoms with Crippen molar-refractivity contribution in [2.45, 2.75) is 6.54 Å². The van der Waals surface area contributed by atoms with Gasteiger partial charge >= 0.3 is 0 Å². The summed E-state index contributed by atoms with van der Waals surface area (Å²) in [6, 6.07) is 19.0. The van der Waals surface area contributed by atoms with Crippen LogP contribution >= 0.6 is 0 Å². The quantitative estimate of drug-likeness (QED) is 0.675. The molecule has 0 aliphatic carbocycles. The maximum atomic E-state index is 4.56. The van der Waals surface area contributed by atoms with E-state index in [0.29, 0.717) is 0 Å². The Labute approximate surface area is 161 Å². The lowest BCUT2D eigenvalue weighted by atomic mass is 10.2. The molecule has 2 aromatic carbocycles. The van der Waals surface area contributed by atoms with E-state index in [2.05, 4.69) is 80.2 Å². The van der Waals surface area contributed by atoms with E-state index in [1.165, 1.54) is 5.56 Å². The average Bonchev–Trinajstić information content (AvgIpc) is 2.73. The molecule has 1 aliphatic heterocycles. The molecule has 0 amide bonds. The van der Waals surface area contributed by atoms with Gasteiger partial charge in [-0.1, -0.05) is 42.5 Å². The molecule has 27 heavy (non-hydrogen) atoms. The van der Waals surface area contributed by atoms with Gasteiger partial charge in [0.05, 0.1) is 5.52 Å². The fourth-order valence-electron chi connectivity index (χ4n) is 3.71. The van der Waals surface area contributed by atoms with Gasteiger partial charge in [0.2, 0.25) is 0 Å². The molecule has 3 aromatic rings. The topological polar surface area (TPSA) is 35.5 Å². The van der Waals surface area contributed by atoms with Crippen molar-refractivity contribution in [1.29, 1.82) is 0 Å². The standard InChI is InChI=1S/C22H27N5/c1-25(17-19-7-3-2-4-8-19)11-12-26-13-15-27(16-14-26)22-20-9-5-6-10-21(20)23-18-24-22/h2-10,18H,11-17H2,1H3. The second-order valence-electron chi connectivity index (χ2n) is 7.27. The zero-order valence-corrected chi connectivity index (χ0v) is 16.0. The molecule has 0 bridgehead atoms. The van der Waals surface area contributed by atoms with Crippen molar-refractivity contribution in [2.24, 2.45) is 0 Å². The zero-order chi connectivity index (χ0) is 18.5. The summed E-state index contributed by atoms with van der Waals surface area (Å²) in [6.45, 7) is 7.41. The summed E-state index contributed by atoms with van der Waals surface area (Å²) in [4.78, 5) is 16.3. The van der Waals surface area contributed by atoms with Gasteiger partial charge in [0.25, 0.3) is 0 Å². The number of likely N-dealkylation sites (N-methyl/N-ethyl adjacent to an activating group) is 1. The highest BCUT2D eigenvalue weighted by atomic mass is 15.3. The van der Waals surface area contributed by atoms with E-state index in [4.69, 9.17) is 0 Å². The Hall–Kier alpha value is -2.50. The number of piperazine rings is 1. The molecule has 0 N–H and O–H groups in total. The highest BCUT2D eigenvalue weighted by Gasteiger charge is 2.19. The van der Waals surface area contributed by atoms with Gasteiger partial charge in [0.1, 0.15) is 12.1 Å². The molecule has 5 nitrogen and oxygen atoms in total. The number of para-hydroxylation sites is 1. The summed E-state index contributed by atoms with van der Waals surface area (Å²) in [5.74, 6) is 1.07. The zero-order valence-electron chi connectivity index (χ0n) is 16.0. The Morgan fingerprint density at radius 2 is 1.63 bits per heavy atom. The number of benzene rings is 2. The summed E-state index contributed by atoms with van der Waals surface area (Å²) >= 11 is 0. The van der Waals surface area contributed by atoms with Crippen LogP contribution in [0.25, 0.3) is 10.9 Å². The minimum absolute atomic E-state index is 1.01. The first-order valence-electron chi connectivity index (χ1n) is 9.69. The summed E-state index contributed by atoms with van der Waals surface area (Å²) in [7, 11) is 2.20. The number of aromatic nitrogens is 2. The van der Waals surface area contributed by atoms with E-state index >= 15 is 0 Å². The Balaban J connectivity index is 1.29. The molecule has 1 aliphatic rings. The van der Waals surface area contributed by atoms with Crippen molar-refractivity contribution >= 4 is 16.7 Å². The van der Waals surface area contributed by atoms with Crippen LogP contribution in [0.1, 0.15) is 5.56 Å². The second kappa shape index (κ2) is 8.46. The lowest BCUT2D eigenvalue weighted by Gasteiger charge is -2.36. The molecule has 1 fully saturated rings. The van der Waals surface area contributed by atoms with Crippen molar-refractivity contribution in [3.63, 3.8) is 0 Å². The highest BCUT2D eigenvalue weighted by molar-refractivity contribution is 5.89. The molecule has 0 radical (unpaired) electrons. The molecule has 5 heteroatoms. The van der Waals surface area contributed by atoms with Gasteiger partial charge in [-0.2, -0.15) is 0 Å². The molecule has 4 rings (SSSR count). The van der Waals surface area contributed by atoms with Crippen molar-refractivity contribution < 1.29 is 0 Å². The van der Waals surface area contributed by atoms with Crippen molar-refractivity contribution in [1.82, 2.24) is 19.8 Å². The van der Waals surface area contributed by atoms with Gasteiger partial charge < -0.3 is 9.80 Å². The number of nitrogens with zero attached hydrogens (tertiary/aromatic N) is 5. The minimum atomic E-state index is 1.01. The van der Waals surface area contributed by atoms with Crippen LogP contribution in [0.5, 0.6) is 0 Å². The first-order valence-corrected chi connectivity index (χ1v) is 9.69. The molecule has 0 saturated carbocycles. The van der Waals surface area contributed by atoms with Crippen molar-refractivity contribution in [3.05, 3.63) is 66.5 Å². The van der Waals surface area contributed by atoms with Crippen LogP contribution in [0, 0.1) is 0 Å². The smallest absolute Gasteiger partial charge is 0.139 e. The molecule has 140 valence electrons. The first-order chi connectivity index (χ1) is 13.3. The monoisotopic (exact) mass is 361 g/mol. The van der Waals surface area contributed by atoms with Crippen LogP contribution in [-0.2, 0) is 6.54 Å². The van der Waals surface area contributed by atoms with E-state index in [1.807, 2.05) is 6.07 Å². The summed E-state index contributed by atoms with van der Waals surface area (Å²) in [5, 5.41) is 1.15. The predicted molar refractivity (Wildman–Crippen MR) is 111 cm³/mol. The van der Waals surface area contributed by atoms with E-state index in [0.717, 1.165) is 62.5 Å². The molecule has 1 aromatic heterocycles. The number of anilines is 1. The van der Waals surface area contributed by atoms with Crippen LogP contribution in [-0.4, -0.2) is 66.1 Å². The molecular formula is C22H27N5. The molecular weight excluding hydrogens is 334 g/mol. The van der Waals surface area contributed by atoms with Crippen LogP contribution in [0.2, 0.25) is 0 Å². The third-order valence-corrected chi connectivity index (χ3v) is 5.29. The summed E-state index contributed by atoms with van der Waals surface area (Å²) < 4.78 is 0. The second-order valence-corrected chi connectivity index (χ2v) is 7.27. The number of fused-ring (bicyclic) bond motifs is 1. The fourth-order valence-corrected chi connectivity index (χ4v) is 3.71. The number of rotatable bonds is 6. The summed E-state index contributed by atoms with van der Waals surface area (Å²) in [5.41, 5.74) is 2.40. The van der Waals surface area contributed by atoms with Gasteiger partial charge in [-0.15, -0.1) is 0 Å². The Bertz CT molecular complexity index is 853. The van der Waals surface area contributed by atoms with Gasteiger partial charge in [-0.05, 0) is 24.7 Å². The van der Waals surface area contributed by atoms with E-state index in [-0.39, 0.29) is 0 Å². The lowest BCUT2D eigenvalue weighted by Crippen LogP contribution is -2.48. The van der Waals surface area contributed by atoms with Crippen LogP contribution in [0.4, 0.5) is 5.82 Å². The van der Waals surface area contributed by atoms with Gasteiger partial charge in [0, 0.05) is 51.2 Å². The molecule has 1 saturated heterocycles. The molecule has 0 atom stereocenters. The minimum Gasteiger partial charge on any atom is -0.353 e. The number of hydrogen-bond donors (Lipinski definition) is 0. The summed E-state index contributed by atoms with van der Waals surface area (Å²) in [6.07, 6.45) is 1.68.